The van der Waals surface area contributed by atoms with Crippen molar-refractivity contribution < 1.29 is 9.47 Å². The fourth-order valence-corrected chi connectivity index (χ4v) is 2.13. The van der Waals surface area contributed by atoms with E-state index < -0.39 is 0 Å². The molecule has 0 aliphatic heterocycles. The molecule has 1 aromatic carbocycles. The topological polar surface area (TPSA) is 72.1 Å². The maximum Gasteiger partial charge on any atom is 0.215 e. The van der Waals surface area contributed by atoms with Crippen LogP contribution in [-0.4, -0.2) is 34.9 Å². The van der Waals surface area contributed by atoms with Gasteiger partial charge in [0.05, 0.1) is 19.4 Å². The molecule has 0 unspecified atom stereocenters. The minimum Gasteiger partial charge on any atom is -0.490 e. The van der Waals surface area contributed by atoms with E-state index in [-0.39, 0.29) is 0 Å². The van der Waals surface area contributed by atoms with Crippen LogP contribution in [0.2, 0.25) is 0 Å². The second kappa shape index (κ2) is 8.33. The maximum absolute atomic E-state index is 5.62. The van der Waals surface area contributed by atoms with E-state index in [1.165, 1.54) is 0 Å². The molecule has 0 bridgehead atoms. The van der Waals surface area contributed by atoms with Gasteiger partial charge >= 0.3 is 0 Å². The normalized spacial score (nSPS) is 10.3. The monoisotopic (exact) mass is 320 g/mol. The number of anilines is 1. The van der Waals surface area contributed by atoms with Crippen molar-refractivity contribution in [2.24, 2.45) is 0 Å². The fraction of sp³-hybridized carbons (Fsp3) is 0.400. The van der Waals surface area contributed by atoms with E-state index in [1.807, 2.05) is 32.0 Å². The minimum atomic E-state index is 0.365. The van der Waals surface area contributed by atoms with Crippen LogP contribution >= 0.6 is 12.2 Å². The Morgan fingerprint density at radius 2 is 1.95 bits per heavy atom. The van der Waals surface area contributed by atoms with Crippen LogP contribution in [0.25, 0.3) is 0 Å². The van der Waals surface area contributed by atoms with Crippen LogP contribution in [-0.2, 0) is 6.42 Å². The Kier molecular flexibility index (Phi) is 6.14. The lowest BCUT2D eigenvalue weighted by atomic mass is 10.1. The number of H-pyrrole nitrogens is 1. The predicted molar refractivity (Wildman–Crippen MR) is 88.2 cm³/mol. The van der Waals surface area contributed by atoms with Gasteiger partial charge in [-0.1, -0.05) is 6.07 Å². The van der Waals surface area contributed by atoms with Gasteiger partial charge in [-0.05, 0) is 50.2 Å². The van der Waals surface area contributed by atoms with Gasteiger partial charge in [0.15, 0.2) is 11.5 Å². The molecule has 2 aromatic rings. The van der Waals surface area contributed by atoms with Crippen LogP contribution in [0.4, 0.5) is 5.82 Å². The van der Waals surface area contributed by atoms with Crippen molar-refractivity contribution in [2.75, 3.05) is 25.1 Å². The van der Waals surface area contributed by atoms with Crippen LogP contribution in [0.3, 0.4) is 0 Å². The summed E-state index contributed by atoms with van der Waals surface area (Å²) in [7, 11) is 0. The molecule has 2 rings (SSSR count). The number of benzene rings is 1. The zero-order valence-corrected chi connectivity index (χ0v) is 13.6. The molecule has 0 aliphatic carbocycles. The van der Waals surface area contributed by atoms with Gasteiger partial charge < -0.3 is 14.8 Å². The molecule has 1 heterocycles. The number of hydrogen-bond acceptors (Lipinski definition) is 6. The number of hydrogen-bond donors (Lipinski definition) is 2. The van der Waals surface area contributed by atoms with Crippen molar-refractivity contribution in [1.82, 2.24) is 15.2 Å². The van der Waals surface area contributed by atoms with Crippen LogP contribution in [0.1, 0.15) is 19.4 Å². The van der Waals surface area contributed by atoms with E-state index in [2.05, 4.69) is 20.5 Å². The van der Waals surface area contributed by atoms with E-state index >= 15 is 0 Å². The summed E-state index contributed by atoms with van der Waals surface area (Å²) in [6.45, 7) is 5.88. The summed E-state index contributed by atoms with van der Waals surface area (Å²) < 4.78 is 11.5. The summed E-state index contributed by atoms with van der Waals surface area (Å²) in [5.41, 5.74) is 1.16. The first-order chi connectivity index (χ1) is 10.7. The van der Waals surface area contributed by atoms with E-state index in [9.17, 15) is 0 Å². The Hall–Kier alpha value is -2.15. The van der Waals surface area contributed by atoms with Gasteiger partial charge in [0.2, 0.25) is 4.77 Å². The quantitative estimate of drug-likeness (QED) is 0.729. The smallest absolute Gasteiger partial charge is 0.215 e. The highest BCUT2D eigenvalue weighted by molar-refractivity contribution is 7.71. The zero-order chi connectivity index (χ0) is 15.8. The Balaban J connectivity index is 1.97. The molecule has 118 valence electrons. The molecule has 6 nitrogen and oxygen atoms in total. The lowest BCUT2D eigenvalue weighted by Crippen LogP contribution is -2.07. The molecule has 0 amide bonds. The molecule has 2 N–H and O–H groups in total. The standard InChI is InChI=1S/C15H20N4O2S/c1-3-20-12-6-5-11(9-13(12)21-4-2)7-8-16-14-10-17-19-15(22)18-14/h5-6,9-10H,3-4,7-8H2,1-2H3,(H2,16,18,19,22). The highest BCUT2D eigenvalue weighted by Crippen LogP contribution is 2.28. The molecule has 0 saturated heterocycles. The first kappa shape index (κ1) is 16.2. The first-order valence-corrected chi connectivity index (χ1v) is 7.68. The van der Waals surface area contributed by atoms with Gasteiger partial charge in [-0.25, -0.2) is 4.98 Å². The fourth-order valence-electron chi connectivity index (χ4n) is 1.98. The maximum atomic E-state index is 5.62. The van der Waals surface area contributed by atoms with Crippen LogP contribution in [0, 0.1) is 4.77 Å². The summed E-state index contributed by atoms with van der Waals surface area (Å²) in [6, 6.07) is 6.00. The minimum absolute atomic E-state index is 0.365. The third-order valence-electron chi connectivity index (χ3n) is 2.90. The SMILES string of the molecule is CCOc1ccc(CCNc2cn[nH]c(=S)n2)cc1OCC. The molecule has 0 radical (unpaired) electrons. The summed E-state index contributed by atoms with van der Waals surface area (Å²) in [5, 5.41) is 9.69. The van der Waals surface area contributed by atoms with Crippen molar-refractivity contribution in [3.05, 3.63) is 34.7 Å². The second-order valence-electron chi connectivity index (χ2n) is 4.50. The average Bonchev–Trinajstić information content (AvgIpc) is 2.50. The number of nitrogens with zero attached hydrogens (tertiary/aromatic N) is 2. The molecular formula is C15H20N4O2S. The van der Waals surface area contributed by atoms with E-state index in [4.69, 9.17) is 21.7 Å². The van der Waals surface area contributed by atoms with E-state index in [0.29, 0.717) is 23.8 Å². The zero-order valence-electron chi connectivity index (χ0n) is 12.8. The van der Waals surface area contributed by atoms with E-state index in [1.54, 1.807) is 6.20 Å². The van der Waals surface area contributed by atoms with Crippen molar-refractivity contribution in [1.29, 1.82) is 0 Å². The van der Waals surface area contributed by atoms with Gasteiger partial charge in [0, 0.05) is 6.54 Å². The molecule has 0 spiro atoms. The summed E-state index contributed by atoms with van der Waals surface area (Å²) in [6.07, 6.45) is 2.44. The Labute approximate surface area is 134 Å². The van der Waals surface area contributed by atoms with Crippen LogP contribution in [0.5, 0.6) is 11.5 Å². The summed E-state index contributed by atoms with van der Waals surface area (Å²) in [5.74, 6) is 2.23. The summed E-state index contributed by atoms with van der Waals surface area (Å²) >= 11 is 4.93. The van der Waals surface area contributed by atoms with Crippen LogP contribution < -0.4 is 14.8 Å². The highest BCUT2D eigenvalue weighted by atomic mass is 32.1. The number of rotatable bonds is 8. The first-order valence-electron chi connectivity index (χ1n) is 7.27. The molecule has 0 aliphatic rings. The van der Waals surface area contributed by atoms with Crippen LogP contribution in [0.15, 0.2) is 24.4 Å². The Morgan fingerprint density at radius 3 is 2.68 bits per heavy atom. The van der Waals surface area contributed by atoms with E-state index in [0.717, 1.165) is 30.0 Å². The molecule has 0 saturated carbocycles. The summed E-state index contributed by atoms with van der Waals surface area (Å²) in [4.78, 5) is 4.13. The third kappa shape index (κ3) is 4.70. The average molecular weight is 320 g/mol. The largest absolute Gasteiger partial charge is 0.490 e. The number of nitrogens with one attached hydrogen (secondary N) is 2. The predicted octanol–water partition coefficient (Wildman–Crippen LogP) is 2.99. The van der Waals surface area contributed by atoms with Crippen molar-refractivity contribution in [3.63, 3.8) is 0 Å². The molecule has 22 heavy (non-hydrogen) atoms. The number of ether oxygens (including phenoxy) is 2. The van der Waals surface area contributed by atoms with Crippen molar-refractivity contribution in [2.45, 2.75) is 20.3 Å². The van der Waals surface area contributed by atoms with Gasteiger partial charge in [-0.15, -0.1) is 0 Å². The number of aromatic amines is 1. The highest BCUT2D eigenvalue weighted by Gasteiger charge is 2.06. The molecule has 1 aromatic heterocycles. The number of aromatic nitrogens is 3. The van der Waals surface area contributed by atoms with Crippen molar-refractivity contribution in [3.8, 4) is 11.5 Å². The van der Waals surface area contributed by atoms with Gasteiger partial charge in [-0.3, -0.25) is 5.10 Å². The molecule has 0 fully saturated rings. The lowest BCUT2D eigenvalue weighted by molar-refractivity contribution is 0.287. The second-order valence-corrected chi connectivity index (χ2v) is 4.88. The Bertz CT molecular complexity index is 660. The van der Waals surface area contributed by atoms with Crippen molar-refractivity contribution >= 4 is 18.0 Å². The molecule has 0 atom stereocenters. The Morgan fingerprint density at radius 1 is 1.18 bits per heavy atom. The molecular weight excluding hydrogens is 300 g/mol. The van der Waals surface area contributed by atoms with Gasteiger partial charge in [0.1, 0.15) is 5.82 Å². The molecule has 7 heteroatoms. The lowest BCUT2D eigenvalue weighted by Gasteiger charge is -2.12. The van der Waals surface area contributed by atoms with Gasteiger partial charge in [0.25, 0.3) is 0 Å². The third-order valence-corrected chi connectivity index (χ3v) is 3.08. The van der Waals surface area contributed by atoms with Gasteiger partial charge in [-0.2, -0.15) is 5.10 Å².